The molecule has 0 spiro atoms. The molecule has 0 fully saturated rings. The SMILES string of the molecule is NC(=O)COC(=O)c1cnc(N)c2c(C(Cc3ccccc3)OC3=COCO3)csc12. The molecule has 1 aromatic carbocycles. The molecule has 3 aromatic rings. The molecule has 0 radical (unpaired) electrons. The summed E-state index contributed by atoms with van der Waals surface area (Å²) in [6, 6.07) is 9.78. The zero-order chi connectivity index (χ0) is 21.8. The number of thiophene rings is 1. The number of nitrogen functional groups attached to an aromatic ring is 1. The molecule has 0 aliphatic carbocycles. The highest BCUT2D eigenvalue weighted by atomic mass is 32.1. The van der Waals surface area contributed by atoms with Gasteiger partial charge in [0.15, 0.2) is 12.9 Å². The van der Waals surface area contributed by atoms with Gasteiger partial charge in [-0.1, -0.05) is 30.3 Å². The number of ether oxygens (including phenoxy) is 4. The van der Waals surface area contributed by atoms with Crippen molar-refractivity contribution >= 4 is 39.1 Å². The molecule has 1 amide bonds. The molecule has 3 heterocycles. The molecule has 160 valence electrons. The Labute approximate surface area is 181 Å². The molecular formula is C21H19N3O6S. The number of primary amides is 1. The zero-order valence-electron chi connectivity index (χ0n) is 16.3. The van der Waals surface area contributed by atoms with Crippen LogP contribution < -0.4 is 11.5 Å². The largest absolute Gasteiger partial charge is 0.458 e. The average molecular weight is 441 g/mol. The maximum Gasteiger partial charge on any atom is 0.341 e. The highest BCUT2D eigenvalue weighted by molar-refractivity contribution is 7.17. The van der Waals surface area contributed by atoms with E-state index in [2.05, 4.69) is 4.98 Å². The van der Waals surface area contributed by atoms with E-state index in [1.807, 2.05) is 35.7 Å². The fourth-order valence-electron chi connectivity index (χ4n) is 3.16. The molecule has 0 bridgehead atoms. The Morgan fingerprint density at radius 1 is 1.26 bits per heavy atom. The van der Waals surface area contributed by atoms with Gasteiger partial charge in [0.2, 0.25) is 6.79 Å². The summed E-state index contributed by atoms with van der Waals surface area (Å²) in [7, 11) is 0. The van der Waals surface area contributed by atoms with Gasteiger partial charge in [0, 0.05) is 23.6 Å². The highest BCUT2D eigenvalue weighted by Gasteiger charge is 2.26. The number of carbonyl (C=O) groups excluding carboxylic acids is 2. The maximum atomic E-state index is 12.4. The van der Waals surface area contributed by atoms with Crippen molar-refractivity contribution in [2.24, 2.45) is 5.73 Å². The second-order valence-electron chi connectivity index (χ2n) is 6.66. The summed E-state index contributed by atoms with van der Waals surface area (Å²) >= 11 is 1.31. The number of nitrogens with two attached hydrogens (primary N) is 2. The van der Waals surface area contributed by atoms with Crippen LogP contribution in [0.4, 0.5) is 5.82 Å². The maximum absolute atomic E-state index is 12.4. The third kappa shape index (κ3) is 4.53. The number of fused-ring (bicyclic) bond motifs is 1. The number of hydrogen-bond donors (Lipinski definition) is 2. The lowest BCUT2D eigenvalue weighted by Crippen LogP contribution is -2.21. The van der Waals surface area contributed by atoms with Crippen molar-refractivity contribution < 1.29 is 28.5 Å². The minimum absolute atomic E-state index is 0.0807. The number of carbonyl (C=O) groups is 2. The molecular weight excluding hydrogens is 422 g/mol. The Balaban J connectivity index is 1.73. The lowest BCUT2D eigenvalue weighted by Gasteiger charge is -2.19. The fraction of sp³-hybridized carbons (Fsp3) is 0.190. The van der Waals surface area contributed by atoms with Gasteiger partial charge in [-0.2, -0.15) is 0 Å². The van der Waals surface area contributed by atoms with Gasteiger partial charge < -0.3 is 30.4 Å². The topological polar surface area (TPSA) is 136 Å². The number of aromatic nitrogens is 1. The van der Waals surface area contributed by atoms with E-state index >= 15 is 0 Å². The predicted molar refractivity (Wildman–Crippen MR) is 113 cm³/mol. The summed E-state index contributed by atoms with van der Waals surface area (Å²) in [6.45, 7) is -0.439. The van der Waals surface area contributed by atoms with Gasteiger partial charge >= 0.3 is 11.9 Å². The van der Waals surface area contributed by atoms with Gasteiger partial charge in [-0.3, -0.25) is 4.79 Å². The lowest BCUT2D eigenvalue weighted by atomic mass is 10.00. The van der Waals surface area contributed by atoms with E-state index in [0.29, 0.717) is 16.5 Å². The van der Waals surface area contributed by atoms with Crippen LogP contribution in [0.2, 0.25) is 0 Å². The van der Waals surface area contributed by atoms with E-state index in [-0.39, 0.29) is 24.1 Å². The smallest absolute Gasteiger partial charge is 0.341 e. The molecule has 4 N–H and O–H groups in total. The van der Waals surface area contributed by atoms with E-state index in [1.165, 1.54) is 23.8 Å². The third-order valence-electron chi connectivity index (χ3n) is 4.54. The van der Waals surface area contributed by atoms with Crippen LogP contribution in [0, 0.1) is 0 Å². The Kier molecular flexibility index (Phi) is 5.89. The first-order valence-corrected chi connectivity index (χ1v) is 10.2. The summed E-state index contributed by atoms with van der Waals surface area (Å²) in [5.41, 5.74) is 13.2. The van der Waals surface area contributed by atoms with Gasteiger partial charge in [0.25, 0.3) is 5.91 Å². The number of nitrogens with zero attached hydrogens (tertiary/aromatic N) is 1. The highest BCUT2D eigenvalue weighted by Crippen LogP contribution is 2.39. The number of benzene rings is 1. The molecule has 1 aliphatic heterocycles. The Hall–Kier alpha value is -3.79. The normalized spacial score (nSPS) is 13.7. The number of amides is 1. The van der Waals surface area contributed by atoms with Crippen LogP contribution in [0.1, 0.15) is 27.6 Å². The molecule has 1 atom stereocenters. The standard InChI is InChI=1S/C21H19N3O6S/c22-16(25)8-28-21(26)13-7-24-20(23)18-14(10-31-19(13)18)15(30-17-9-27-11-29-17)6-12-4-2-1-3-5-12/h1-5,7,9-10,15H,6,8,11H2,(H2,22,25)(H2,23,24). The van der Waals surface area contributed by atoms with Crippen molar-refractivity contribution in [2.75, 3.05) is 19.1 Å². The monoisotopic (exact) mass is 441 g/mol. The number of anilines is 1. The lowest BCUT2D eigenvalue weighted by molar-refractivity contribution is -0.121. The van der Waals surface area contributed by atoms with Gasteiger partial charge in [-0.25, -0.2) is 9.78 Å². The number of esters is 1. The average Bonchev–Trinajstić information content (AvgIpc) is 3.43. The van der Waals surface area contributed by atoms with E-state index in [4.69, 9.17) is 30.4 Å². The Morgan fingerprint density at radius 3 is 2.77 bits per heavy atom. The predicted octanol–water partition coefficient (Wildman–Crippen LogP) is 2.62. The van der Waals surface area contributed by atoms with Crippen LogP contribution >= 0.6 is 11.3 Å². The number of hydrogen-bond acceptors (Lipinski definition) is 9. The second-order valence-corrected chi connectivity index (χ2v) is 7.54. The summed E-state index contributed by atoms with van der Waals surface area (Å²) < 4.78 is 22.0. The van der Waals surface area contributed by atoms with E-state index in [1.54, 1.807) is 0 Å². The molecule has 31 heavy (non-hydrogen) atoms. The van der Waals surface area contributed by atoms with Gasteiger partial charge in [-0.15, -0.1) is 11.3 Å². The van der Waals surface area contributed by atoms with Crippen LogP contribution in [0.5, 0.6) is 0 Å². The van der Waals surface area contributed by atoms with Crippen molar-refractivity contribution in [3.05, 3.63) is 70.8 Å². The van der Waals surface area contributed by atoms with Crippen LogP contribution in [0.3, 0.4) is 0 Å². The van der Waals surface area contributed by atoms with Gasteiger partial charge in [-0.05, 0) is 10.9 Å². The minimum atomic E-state index is -0.747. The summed E-state index contributed by atoms with van der Waals surface area (Å²) in [5, 5.41) is 2.44. The van der Waals surface area contributed by atoms with E-state index in [9.17, 15) is 9.59 Å². The van der Waals surface area contributed by atoms with Gasteiger partial charge in [0.1, 0.15) is 11.9 Å². The Morgan fingerprint density at radius 2 is 2.06 bits per heavy atom. The number of rotatable bonds is 8. The first-order valence-electron chi connectivity index (χ1n) is 9.29. The first-order chi connectivity index (χ1) is 15.0. The second kappa shape index (κ2) is 8.92. The first kappa shape index (κ1) is 20.5. The van der Waals surface area contributed by atoms with Crippen molar-refractivity contribution in [1.29, 1.82) is 0 Å². The van der Waals surface area contributed by atoms with Crippen LogP contribution in [0.15, 0.2) is 54.1 Å². The molecule has 10 heteroatoms. The summed E-state index contributed by atoms with van der Waals surface area (Å²) in [5.74, 6) is -0.954. The summed E-state index contributed by atoms with van der Waals surface area (Å²) in [6.07, 6.45) is 2.76. The Bertz CT molecular complexity index is 1140. The minimum Gasteiger partial charge on any atom is -0.458 e. The van der Waals surface area contributed by atoms with Crippen molar-refractivity contribution in [1.82, 2.24) is 4.98 Å². The van der Waals surface area contributed by atoms with Crippen molar-refractivity contribution in [2.45, 2.75) is 12.5 Å². The van der Waals surface area contributed by atoms with Gasteiger partial charge in [0.05, 0.1) is 10.3 Å². The van der Waals surface area contributed by atoms with E-state index in [0.717, 1.165) is 11.1 Å². The molecule has 2 aromatic heterocycles. The summed E-state index contributed by atoms with van der Waals surface area (Å²) in [4.78, 5) is 27.5. The van der Waals surface area contributed by atoms with Crippen LogP contribution in [-0.4, -0.2) is 30.3 Å². The molecule has 4 rings (SSSR count). The molecule has 0 saturated carbocycles. The van der Waals surface area contributed by atoms with E-state index < -0.39 is 24.6 Å². The molecule has 9 nitrogen and oxygen atoms in total. The van der Waals surface area contributed by atoms with Crippen LogP contribution in [0.25, 0.3) is 10.1 Å². The fourth-order valence-corrected chi connectivity index (χ4v) is 4.28. The van der Waals surface area contributed by atoms with Crippen molar-refractivity contribution in [3.63, 3.8) is 0 Å². The molecule has 1 unspecified atom stereocenters. The van der Waals surface area contributed by atoms with Crippen molar-refractivity contribution in [3.8, 4) is 0 Å². The zero-order valence-corrected chi connectivity index (χ0v) is 17.1. The number of pyridine rings is 1. The van der Waals surface area contributed by atoms with Crippen LogP contribution in [-0.2, 0) is 30.2 Å². The molecule has 0 saturated heterocycles. The third-order valence-corrected chi connectivity index (χ3v) is 5.57. The quantitative estimate of drug-likeness (QED) is 0.509. The molecule has 1 aliphatic rings.